The number of benzene rings is 7. The van der Waals surface area contributed by atoms with Crippen molar-refractivity contribution in [3.8, 4) is 51.4 Å². The number of aromatic hydroxyl groups is 1. The number of aliphatic hydroxyl groups excluding tert-OH is 5. The topological polar surface area (TPSA) is 538 Å². The van der Waals surface area contributed by atoms with Gasteiger partial charge < -0.3 is 95.3 Å². The first kappa shape index (κ1) is 102. The van der Waals surface area contributed by atoms with Crippen molar-refractivity contribution < 1.29 is 143 Å². The number of phenolic OH excluding ortho intramolecular Hbond substituents is 1. The molecule has 11 aliphatic rings. The Bertz CT molecular complexity index is 6200. The van der Waals surface area contributed by atoms with E-state index in [9.17, 15) is 67.3 Å². The molecule has 15 bridgehead atoms. The monoisotopic (exact) mass is 2000 g/mol. The maximum absolute atomic E-state index is 16.9. The van der Waals surface area contributed by atoms with Crippen molar-refractivity contribution in [2.45, 2.75) is 245 Å². The average Bonchev–Trinajstić information content (AvgIpc) is 1.54. The molecule has 4 saturated carbocycles. The summed E-state index contributed by atoms with van der Waals surface area (Å²) < 4.78 is 105. The fourth-order valence-electron chi connectivity index (χ4n) is 20.1. The lowest BCUT2D eigenvalue weighted by Gasteiger charge is -2.54. The Kier molecular flexibility index (Phi) is 29.7. The summed E-state index contributed by atoms with van der Waals surface area (Å²) in [5, 5.41) is 108. The van der Waals surface area contributed by atoms with E-state index in [4.69, 9.17) is 60.5 Å². The lowest BCUT2D eigenvalue weighted by atomic mass is 9.51. The largest absolute Gasteiger partial charge is 0.508 e. The first-order valence-electron chi connectivity index (χ1n) is 45.9. The molecule has 40 heteroatoms. The first-order chi connectivity index (χ1) is 65.3. The Hall–Kier alpha value is -11.2. The minimum absolute atomic E-state index is 0.0130. The predicted molar refractivity (Wildman–Crippen MR) is 495 cm³/mol. The van der Waals surface area contributed by atoms with E-state index in [1.54, 1.807) is 74.4 Å². The lowest BCUT2D eigenvalue weighted by molar-refractivity contribution is -0.273. The molecule has 7 aromatic rings. The number of rotatable bonds is 23. The quantitative estimate of drug-likeness (QED) is 0.0123. The van der Waals surface area contributed by atoms with Crippen LogP contribution in [0, 0.1) is 48.3 Å². The predicted octanol–water partition coefficient (Wildman–Crippen LogP) is 9.77. The van der Waals surface area contributed by atoms with Crippen molar-refractivity contribution in [1.29, 1.82) is 0 Å². The van der Waals surface area contributed by atoms with E-state index in [1.807, 2.05) is 4.72 Å². The van der Waals surface area contributed by atoms with Crippen LogP contribution in [0.25, 0.3) is 11.1 Å². The summed E-state index contributed by atoms with van der Waals surface area (Å²) in [5.41, 5.74) is -3.47. The van der Waals surface area contributed by atoms with Gasteiger partial charge in [-0.2, -0.15) is 8.42 Å². The number of amides is 6. The maximum atomic E-state index is 16.9. The van der Waals surface area contributed by atoms with Gasteiger partial charge in [0.2, 0.25) is 47.4 Å². The van der Waals surface area contributed by atoms with Crippen LogP contribution >= 0.6 is 23.2 Å². The number of nitrogens with zero attached hydrogens (tertiary/aromatic N) is 1. The highest BCUT2D eigenvalue weighted by Crippen LogP contribution is 2.59. The SMILES string of the molecule is Cc1ccc(S(=O)(=O)OCCOc2ccc(S(=O)(=O)NC(=O)C[C@@H]3CC(=O)[C@H](NC(=O)[C@@H](CC(C)C)N(C)C(=O)OC(C)(C)C)[C@H](O)c4ccc(c(Cl)c4)Oc4cc5cc(c4O[C@@H]4O[C@H](CCC(=O)OC(C)(C)C)[C@@H](O)[C@H](O)[C@H]4O)Oc4ccc(cc4Cl)[C@@H](O)[C@@H]4NC(=O)[C@H](CC(=O)[C@@H]5NC3=O)c3ccc5c(c3)-c3c(cc(O)cc3C5(O)O)[C@@H](C(=O)CC3C5CC6CC(C5)CC3C6)NC4=O)cc2)cc1. The number of esters is 1. The fourth-order valence-corrected chi connectivity index (χ4v) is 22.4. The number of halogens is 2. The van der Waals surface area contributed by atoms with Crippen LogP contribution in [-0.2, 0) is 87.5 Å². The molecule has 14 atom stereocenters. The minimum atomic E-state index is -5.08. The van der Waals surface area contributed by atoms with E-state index >= 15 is 38.4 Å². The number of ether oxygens (including phenoxy) is 7. The van der Waals surface area contributed by atoms with Gasteiger partial charge in [0.05, 0.1) is 37.8 Å². The van der Waals surface area contributed by atoms with Gasteiger partial charge in [-0.15, -0.1) is 0 Å². The molecule has 6 amide bonds. The second-order valence-corrected chi connectivity index (χ2v) is 43.7. The minimum Gasteiger partial charge on any atom is -0.508 e. The van der Waals surface area contributed by atoms with Gasteiger partial charge in [-0.1, -0.05) is 79.0 Å². The van der Waals surface area contributed by atoms with E-state index in [-0.39, 0.29) is 105 Å². The van der Waals surface area contributed by atoms with Crippen LogP contribution in [0.1, 0.15) is 207 Å². The maximum Gasteiger partial charge on any atom is 0.410 e. The van der Waals surface area contributed by atoms with E-state index in [0.717, 1.165) is 109 Å². The molecule has 6 aliphatic heterocycles. The number of phenols is 1. The number of likely N-dealkylation sites (N-methyl/N-ethyl adjacent to an activating group) is 1. The molecule has 0 spiro atoms. The van der Waals surface area contributed by atoms with Crippen LogP contribution in [0.4, 0.5) is 4.79 Å². The van der Waals surface area contributed by atoms with Crippen LogP contribution in [0.2, 0.25) is 10.0 Å². The number of aryl methyl sites for hydroxylation is 1. The summed E-state index contributed by atoms with van der Waals surface area (Å²) in [6.07, 6.45) is -15.8. The molecular formula is C99H112Cl2N6O30S2. The van der Waals surface area contributed by atoms with Gasteiger partial charge in [0.25, 0.3) is 20.1 Å². The van der Waals surface area contributed by atoms with Gasteiger partial charge in [0.15, 0.2) is 28.8 Å². The van der Waals surface area contributed by atoms with Gasteiger partial charge >= 0.3 is 12.1 Å². The molecule has 5 aliphatic carbocycles. The third-order valence-corrected chi connectivity index (χ3v) is 29.9. The molecule has 0 unspecified atom stereocenters. The smallest absolute Gasteiger partial charge is 0.410 e. The number of aliphatic hydroxyl groups is 7. The van der Waals surface area contributed by atoms with Crippen molar-refractivity contribution in [3.05, 3.63) is 182 Å². The third kappa shape index (κ3) is 22.6. The number of hydrogen-bond donors (Lipinski definition) is 13. The molecule has 139 heavy (non-hydrogen) atoms. The molecule has 1 saturated heterocycles. The Balaban J connectivity index is 0.885. The van der Waals surface area contributed by atoms with Crippen molar-refractivity contribution >= 4 is 102 Å². The molecule has 0 radical (unpaired) electrons. The number of sulfonamides is 1. The van der Waals surface area contributed by atoms with Crippen molar-refractivity contribution in [2.75, 3.05) is 20.3 Å². The molecule has 6 heterocycles. The van der Waals surface area contributed by atoms with E-state index < -0.39 is 268 Å². The molecule has 0 aromatic heterocycles. The van der Waals surface area contributed by atoms with Crippen LogP contribution in [0.5, 0.6) is 40.2 Å². The Labute approximate surface area is 811 Å². The third-order valence-electron chi connectivity index (χ3n) is 26.6. The zero-order valence-electron chi connectivity index (χ0n) is 77.6. The number of carbonyl (C=O) groups is 10. The van der Waals surface area contributed by atoms with Crippen molar-refractivity contribution in [1.82, 2.24) is 30.9 Å². The normalized spacial score (nSPS) is 26.3. The standard InChI is InChI=1S/C99H112Cl2N6O30S2/c1-46(2)29-69(107(10)96(123)137-98(7,8)9)93(121)104-83-70(109)38-56(41-78(112)106-138(126,127)59-20-16-58(17-21-59)130-27-28-131-139(128,129)60-18-11-47(3)12-19-60)91(119)102-81-55-39-76(132-73-23-14-51(85(83)114)36-67(73)100)90(135-95-89(118)88(117)87(116)75(134-95)25-26-79(113)136-97(4,5)6)77(40-55)133-74-24-15-52(37-68(74)101)86(115)84-94(122)103-82(72(111)44-61-53-31-48-30-49(33-53)34-54(61)32-48)64-42-57(108)43-66-80(64)63-35-50(13-22-65(63)99(66,124)125)62(45-71(81)110)92(120)105-84/h11-24,35-37,39-40,42-43,46,48-49,53-54,56,61-62,69,75,81-89,95,108,114-118,124-125H,25-34,38,41,44-45H2,1-10H3,(H,102,119)(H,103,122)(H,104,121)(H,105,120)(H,106,112)/t48?,49?,53?,54?,56-,61?,62+,69+,75+,81+,82-,83-,84-,85+,86+,87+,88-,89+,95-/m0/s1. The Morgan fingerprint density at radius 2 is 1.23 bits per heavy atom. The van der Waals surface area contributed by atoms with Crippen LogP contribution in [-0.4, -0.2) is 202 Å². The number of fused-ring (bicyclic) bond motifs is 12. The second-order valence-electron chi connectivity index (χ2n) is 39.6. The summed E-state index contributed by atoms with van der Waals surface area (Å²) in [7, 11) is -8.07. The highest BCUT2D eigenvalue weighted by atomic mass is 35.5. The number of nitrogens with one attached hydrogen (secondary N) is 5. The van der Waals surface area contributed by atoms with Gasteiger partial charge in [-0.05, 0) is 259 Å². The molecule has 13 N–H and O–H groups in total. The van der Waals surface area contributed by atoms with Gasteiger partial charge in [0, 0.05) is 50.3 Å². The molecular weight excluding hydrogens is 1890 g/mol. The summed E-state index contributed by atoms with van der Waals surface area (Å²) in [4.78, 5) is 155. The van der Waals surface area contributed by atoms with E-state index in [1.165, 1.54) is 55.6 Å². The molecule has 744 valence electrons. The van der Waals surface area contributed by atoms with E-state index in [0.29, 0.717) is 11.8 Å². The zero-order valence-corrected chi connectivity index (χ0v) is 80.8. The second kappa shape index (κ2) is 40.4. The fraction of sp³-hybridized carbons (Fsp3) is 0.475. The average molecular weight is 2000 g/mol. The number of ketones is 3. The number of hydrogen-bond acceptors (Lipinski definition) is 30. The number of Topliss-reactive ketones (excluding diaryl/α,β-unsaturated/α-hetero) is 3. The zero-order chi connectivity index (χ0) is 100. The van der Waals surface area contributed by atoms with Crippen LogP contribution in [0.3, 0.4) is 0 Å². The molecule has 36 nitrogen and oxygen atoms in total. The summed E-state index contributed by atoms with van der Waals surface area (Å²) >= 11 is 14.6. The molecule has 5 fully saturated rings. The Morgan fingerprint density at radius 1 is 0.626 bits per heavy atom. The van der Waals surface area contributed by atoms with Crippen LogP contribution < -0.4 is 44.9 Å². The van der Waals surface area contributed by atoms with Crippen molar-refractivity contribution in [2.24, 2.45) is 41.4 Å². The van der Waals surface area contributed by atoms with Crippen LogP contribution in [0.15, 0.2) is 137 Å². The summed E-state index contributed by atoms with van der Waals surface area (Å²) in [6.45, 7) is 13.9. The first-order valence-corrected chi connectivity index (χ1v) is 49.5. The highest BCUT2D eigenvalue weighted by molar-refractivity contribution is 7.90. The molecule has 18 rings (SSSR count). The van der Waals surface area contributed by atoms with Gasteiger partial charge in [-0.25, -0.2) is 17.9 Å². The van der Waals surface area contributed by atoms with E-state index in [2.05, 4.69) is 21.3 Å². The summed E-state index contributed by atoms with van der Waals surface area (Å²) in [6, 6.07) is 14.9. The highest BCUT2D eigenvalue weighted by Gasteiger charge is 2.53. The van der Waals surface area contributed by atoms with Crippen molar-refractivity contribution in [3.63, 3.8) is 0 Å². The number of carbonyl (C=O) groups excluding carboxylic acids is 10. The lowest BCUT2D eigenvalue weighted by Crippen LogP contribution is -2.59. The van der Waals surface area contributed by atoms with Gasteiger partial charge in [-0.3, -0.25) is 52.2 Å². The summed E-state index contributed by atoms with van der Waals surface area (Å²) in [5.74, 6) is -20.6. The Morgan fingerprint density at radius 3 is 1.83 bits per heavy atom. The van der Waals surface area contributed by atoms with Gasteiger partial charge in [0.1, 0.15) is 108 Å². The molecule has 7 aromatic carbocycles.